The molecule has 2 bridgehead atoms. The zero-order valence-corrected chi connectivity index (χ0v) is 26.3. The van der Waals surface area contributed by atoms with Crippen LogP contribution in [0.25, 0.3) is 0 Å². The molecule has 0 saturated heterocycles. The van der Waals surface area contributed by atoms with Crippen LogP contribution < -0.4 is 32.7 Å². The summed E-state index contributed by atoms with van der Waals surface area (Å²) in [6.45, 7) is 3.04. The molecule has 1 aromatic rings. The van der Waals surface area contributed by atoms with Crippen molar-refractivity contribution in [2.75, 3.05) is 20.1 Å². The van der Waals surface area contributed by atoms with Crippen LogP contribution in [0, 0.1) is 5.92 Å². The molecule has 266 valence electrons. The molecule has 5 amide bonds. The normalized spacial score (nSPS) is 19.7. The molecule has 1 aromatic carbocycles. The smallest absolute Gasteiger partial charge is 0.481 e. The Morgan fingerprint density at radius 3 is 2.17 bits per heavy atom. The van der Waals surface area contributed by atoms with Gasteiger partial charge < -0.3 is 47.8 Å². The lowest BCUT2D eigenvalue weighted by Gasteiger charge is -2.32. The van der Waals surface area contributed by atoms with Crippen LogP contribution in [0.3, 0.4) is 0 Å². The molecule has 1 heterocycles. The number of aliphatic carboxylic acids is 2. The number of guanidine groups is 1. The summed E-state index contributed by atoms with van der Waals surface area (Å²) in [6, 6.07) is 2.84. The van der Waals surface area contributed by atoms with Crippen LogP contribution in [0.15, 0.2) is 29.3 Å². The van der Waals surface area contributed by atoms with Crippen LogP contribution in [-0.2, 0) is 35.3 Å². The minimum absolute atomic E-state index is 0.0561. The molecule has 20 heteroatoms. The number of hydrogen-bond donors (Lipinski definition) is 8. The molecule has 0 fully saturated rings. The molecule has 2 rings (SSSR count). The molecular formula is C28H39F3N8O9. The summed E-state index contributed by atoms with van der Waals surface area (Å²) >= 11 is 0. The van der Waals surface area contributed by atoms with Gasteiger partial charge in [-0.1, -0.05) is 26.0 Å². The fraction of sp³-hybridized carbons (Fsp3) is 0.500. The summed E-state index contributed by atoms with van der Waals surface area (Å²) in [6.07, 6.45) is -5.35. The van der Waals surface area contributed by atoms with Crippen molar-refractivity contribution in [1.82, 2.24) is 26.2 Å². The Bertz CT molecular complexity index is 1380. The van der Waals surface area contributed by atoms with E-state index in [-0.39, 0.29) is 37.0 Å². The van der Waals surface area contributed by atoms with E-state index < -0.39 is 78.7 Å². The summed E-state index contributed by atoms with van der Waals surface area (Å²) in [5.74, 6) is -7.85. The second-order valence-electron chi connectivity index (χ2n) is 10.8. The fourth-order valence-corrected chi connectivity index (χ4v) is 4.15. The summed E-state index contributed by atoms with van der Waals surface area (Å²) in [4.78, 5) is 90.5. The first kappa shape index (κ1) is 40.6. The van der Waals surface area contributed by atoms with Crippen molar-refractivity contribution in [3.63, 3.8) is 0 Å². The maximum Gasteiger partial charge on any atom is 0.490 e. The molecule has 0 unspecified atom stereocenters. The molecule has 0 aromatic heterocycles. The predicted molar refractivity (Wildman–Crippen MR) is 162 cm³/mol. The molecule has 10 N–H and O–H groups in total. The average Bonchev–Trinajstić information content (AvgIpc) is 2.99. The third kappa shape index (κ3) is 13.9. The first-order chi connectivity index (χ1) is 22.2. The van der Waals surface area contributed by atoms with Gasteiger partial charge in [-0.15, -0.1) is 0 Å². The van der Waals surface area contributed by atoms with Gasteiger partial charge in [-0.25, -0.2) is 4.79 Å². The van der Waals surface area contributed by atoms with E-state index in [9.17, 15) is 47.0 Å². The van der Waals surface area contributed by atoms with Crippen LogP contribution in [0.2, 0.25) is 0 Å². The molecule has 0 spiro atoms. The van der Waals surface area contributed by atoms with E-state index >= 15 is 0 Å². The number of aliphatic imine (C=N–C) groups is 1. The first-order valence-corrected chi connectivity index (χ1v) is 14.3. The standard InChI is InChI=1S/C26H38N8O7.C2HF3O2/c1-14(2)21-25(41)34(3)18(8-5-9-29-26(27)28)24(40)31-13-19(35)32-17(11-20(36)37)23(39)30-12-15-6-4-7-16(10-15)22(38)33-21;3-2(4,5)1(6)7/h4,6-7,10,14,17-18,21H,5,8-9,11-13H2,1-3H3,(H,30,39)(H,31,40)(H,32,35)(H,33,38)(H,36,37)(H4,27,28,29);(H,6,7)/t17-,18-,21-;/m0./s1. The van der Waals surface area contributed by atoms with E-state index in [1.165, 1.54) is 24.1 Å². The maximum absolute atomic E-state index is 13.6. The SMILES string of the molecule is CC(C)[C@@H]1NC(=O)c2cccc(c2)CNC(=O)[C@H](CC(=O)O)NC(=O)CNC(=O)[C@H](CCCN=C(N)N)N(C)C1=O.O=C(O)C(F)(F)F. The van der Waals surface area contributed by atoms with Crippen molar-refractivity contribution in [3.8, 4) is 0 Å². The quantitative estimate of drug-likeness (QED) is 0.0943. The van der Waals surface area contributed by atoms with E-state index in [1.54, 1.807) is 26.0 Å². The van der Waals surface area contributed by atoms with Gasteiger partial charge in [0.15, 0.2) is 5.96 Å². The average molecular weight is 689 g/mol. The maximum atomic E-state index is 13.6. The third-order valence-electron chi connectivity index (χ3n) is 6.62. The van der Waals surface area contributed by atoms with Crippen LogP contribution in [-0.4, -0.2) is 107 Å². The number of carbonyl (C=O) groups excluding carboxylic acids is 5. The van der Waals surface area contributed by atoms with E-state index in [0.717, 1.165) is 0 Å². The lowest BCUT2D eigenvalue weighted by atomic mass is 10.00. The van der Waals surface area contributed by atoms with Crippen LogP contribution in [0.4, 0.5) is 13.2 Å². The van der Waals surface area contributed by atoms with Crippen molar-refractivity contribution in [1.29, 1.82) is 0 Å². The number of fused-ring (bicyclic) bond motifs is 2. The van der Waals surface area contributed by atoms with Crippen molar-refractivity contribution in [2.24, 2.45) is 22.4 Å². The first-order valence-electron chi connectivity index (χ1n) is 14.3. The molecule has 0 aliphatic carbocycles. The monoisotopic (exact) mass is 688 g/mol. The van der Waals surface area contributed by atoms with E-state index in [0.29, 0.717) is 12.0 Å². The largest absolute Gasteiger partial charge is 0.490 e. The number of nitrogens with zero attached hydrogens (tertiary/aromatic N) is 2. The van der Waals surface area contributed by atoms with Crippen molar-refractivity contribution in [2.45, 2.75) is 64.0 Å². The second kappa shape index (κ2) is 18.6. The summed E-state index contributed by atoms with van der Waals surface area (Å²) in [7, 11) is 1.42. The van der Waals surface area contributed by atoms with Gasteiger partial charge in [-0.05, 0) is 36.5 Å². The summed E-state index contributed by atoms with van der Waals surface area (Å²) in [5.41, 5.74) is 11.5. The van der Waals surface area contributed by atoms with E-state index in [1.807, 2.05) is 0 Å². The molecule has 17 nitrogen and oxygen atoms in total. The summed E-state index contributed by atoms with van der Waals surface area (Å²) in [5, 5.41) is 26.4. The third-order valence-corrected chi connectivity index (χ3v) is 6.62. The number of amides is 5. The van der Waals surface area contributed by atoms with Gasteiger partial charge in [0.2, 0.25) is 23.6 Å². The zero-order valence-electron chi connectivity index (χ0n) is 26.3. The van der Waals surface area contributed by atoms with Crippen LogP contribution >= 0.6 is 0 Å². The van der Waals surface area contributed by atoms with Gasteiger partial charge in [-0.3, -0.25) is 33.8 Å². The highest BCUT2D eigenvalue weighted by atomic mass is 19.4. The number of alkyl halides is 3. The number of nitrogens with one attached hydrogen (secondary N) is 4. The molecular weight excluding hydrogens is 649 g/mol. The summed E-state index contributed by atoms with van der Waals surface area (Å²) < 4.78 is 31.7. The van der Waals surface area contributed by atoms with Crippen molar-refractivity contribution in [3.05, 3.63) is 35.4 Å². The van der Waals surface area contributed by atoms with Gasteiger partial charge in [0.1, 0.15) is 18.1 Å². The van der Waals surface area contributed by atoms with E-state index in [2.05, 4.69) is 26.3 Å². The number of carboxylic acid groups (broad SMARTS) is 2. The number of halogens is 3. The van der Waals surface area contributed by atoms with Crippen molar-refractivity contribution >= 4 is 47.4 Å². The highest BCUT2D eigenvalue weighted by molar-refractivity contribution is 5.99. The van der Waals surface area contributed by atoms with Gasteiger partial charge in [0.05, 0.1) is 13.0 Å². The zero-order chi connectivity index (χ0) is 36.8. The Balaban J connectivity index is 0.00000148. The number of rotatable bonds is 7. The molecule has 1 aliphatic rings. The molecule has 3 atom stereocenters. The fourth-order valence-electron chi connectivity index (χ4n) is 4.15. The Labute approximate surface area is 272 Å². The number of nitrogens with two attached hydrogens (primary N) is 2. The van der Waals surface area contributed by atoms with Gasteiger partial charge in [0.25, 0.3) is 5.91 Å². The Morgan fingerprint density at radius 2 is 1.62 bits per heavy atom. The van der Waals surface area contributed by atoms with Gasteiger partial charge in [0, 0.05) is 25.7 Å². The van der Waals surface area contributed by atoms with Crippen LogP contribution in [0.1, 0.15) is 49.0 Å². The topological polar surface area (TPSA) is 276 Å². The minimum atomic E-state index is -5.08. The Kier molecular flexibility index (Phi) is 15.8. The number of hydrogen-bond acceptors (Lipinski definition) is 8. The number of likely N-dealkylation sites (N-methyl/N-ethyl adjacent to an activating group) is 1. The van der Waals surface area contributed by atoms with E-state index in [4.69, 9.17) is 21.4 Å². The number of benzene rings is 1. The molecule has 0 saturated carbocycles. The van der Waals surface area contributed by atoms with Gasteiger partial charge in [-0.2, -0.15) is 13.2 Å². The predicted octanol–water partition coefficient (Wildman–Crippen LogP) is -1.34. The Morgan fingerprint density at radius 1 is 1.02 bits per heavy atom. The lowest BCUT2D eigenvalue weighted by molar-refractivity contribution is -0.192. The van der Waals surface area contributed by atoms with Crippen molar-refractivity contribution < 1.29 is 56.9 Å². The highest BCUT2D eigenvalue weighted by Crippen LogP contribution is 2.15. The number of carboxylic acids is 2. The lowest BCUT2D eigenvalue weighted by Crippen LogP contribution is -2.57. The highest BCUT2D eigenvalue weighted by Gasteiger charge is 2.38. The van der Waals surface area contributed by atoms with Gasteiger partial charge >= 0.3 is 18.1 Å². The Hall–Kier alpha value is -5.43. The number of carbonyl (C=O) groups is 7. The minimum Gasteiger partial charge on any atom is -0.481 e. The molecule has 1 aliphatic heterocycles. The molecule has 0 radical (unpaired) electrons. The van der Waals surface area contributed by atoms with Crippen LogP contribution in [0.5, 0.6) is 0 Å². The second-order valence-corrected chi connectivity index (χ2v) is 10.8. The molecule has 48 heavy (non-hydrogen) atoms.